The number of hydrogen-bond donors (Lipinski definition) is 2. The molecule has 1 amide bonds. The second-order valence-electron chi connectivity index (χ2n) is 4.52. The Labute approximate surface area is 109 Å². The number of carbonyl (C=O) groups is 1. The topological polar surface area (TPSA) is 55.1 Å². The number of nitrogens with one attached hydrogen (secondary N) is 1. The van der Waals surface area contributed by atoms with Crippen molar-refractivity contribution in [2.24, 2.45) is 5.73 Å². The first kappa shape index (κ1) is 14.5. The molecule has 2 unspecified atom stereocenters. The van der Waals surface area contributed by atoms with Gasteiger partial charge in [-0.1, -0.05) is 43.3 Å². The third-order valence-corrected chi connectivity index (χ3v) is 3.00. The first-order chi connectivity index (χ1) is 8.65. The molecule has 1 aromatic carbocycles. The highest BCUT2D eigenvalue weighted by molar-refractivity contribution is 5.81. The Morgan fingerprint density at radius 3 is 2.72 bits per heavy atom. The summed E-state index contributed by atoms with van der Waals surface area (Å²) in [6, 6.07) is 9.81. The van der Waals surface area contributed by atoms with Crippen LogP contribution in [0.5, 0.6) is 0 Å². The van der Waals surface area contributed by atoms with Crippen LogP contribution in [0.1, 0.15) is 31.2 Å². The van der Waals surface area contributed by atoms with E-state index in [-0.39, 0.29) is 5.91 Å². The molecular formula is C15H22N2O. The highest BCUT2D eigenvalue weighted by Crippen LogP contribution is 2.17. The molecule has 0 saturated carbocycles. The van der Waals surface area contributed by atoms with Crippen molar-refractivity contribution in [3.05, 3.63) is 48.6 Å². The van der Waals surface area contributed by atoms with Gasteiger partial charge in [-0.15, -0.1) is 6.58 Å². The van der Waals surface area contributed by atoms with E-state index in [9.17, 15) is 4.79 Å². The van der Waals surface area contributed by atoms with E-state index in [0.717, 1.165) is 6.42 Å². The van der Waals surface area contributed by atoms with Gasteiger partial charge < -0.3 is 11.1 Å². The minimum absolute atomic E-state index is 0.102. The molecule has 3 heteroatoms. The van der Waals surface area contributed by atoms with Crippen LogP contribution in [0.15, 0.2) is 43.0 Å². The fourth-order valence-corrected chi connectivity index (χ4v) is 1.78. The zero-order valence-electron chi connectivity index (χ0n) is 10.9. The first-order valence-corrected chi connectivity index (χ1v) is 6.34. The van der Waals surface area contributed by atoms with Crippen LogP contribution in [0.25, 0.3) is 0 Å². The maximum atomic E-state index is 11.6. The number of amides is 1. The van der Waals surface area contributed by atoms with Gasteiger partial charge in [-0.05, 0) is 24.3 Å². The second kappa shape index (κ2) is 7.67. The summed E-state index contributed by atoms with van der Waals surface area (Å²) in [5.41, 5.74) is 6.97. The summed E-state index contributed by atoms with van der Waals surface area (Å²) in [5.74, 6) is 0.331. The molecule has 3 N–H and O–H groups in total. The van der Waals surface area contributed by atoms with E-state index in [4.69, 9.17) is 5.73 Å². The Morgan fingerprint density at radius 1 is 1.44 bits per heavy atom. The number of carbonyl (C=O) groups excluding carboxylic acids is 1. The molecule has 0 fully saturated rings. The van der Waals surface area contributed by atoms with Gasteiger partial charge in [0.15, 0.2) is 0 Å². The largest absolute Gasteiger partial charge is 0.355 e. The van der Waals surface area contributed by atoms with Gasteiger partial charge in [0.25, 0.3) is 0 Å². The highest BCUT2D eigenvalue weighted by Gasteiger charge is 2.11. The van der Waals surface area contributed by atoms with Crippen LogP contribution in [0.2, 0.25) is 0 Å². The van der Waals surface area contributed by atoms with E-state index in [1.807, 2.05) is 18.2 Å². The van der Waals surface area contributed by atoms with Gasteiger partial charge >= 0.3 is 0 Å². The molecule has 2 atom stereocenters. The van der Waals surface area contributed by atoms with Gasteiger partial charge in [-0.3, -0.25) is 4.79 Å². The number of benzene rings is 1. The van der Waals surface area contributed by atoms with E-state index < -0.39 is 6.04 Å². The van der Waals surface area contributed by atoms with Crippen LogP contribution in [0, 0.1) is 0 Å². The maximum absolute atomic E-state index is 11.6. The molecule has 1 aromatic rings. The Balaban J connectivity index is 2.29. The predicted molar refractivity (Wildman–Crippen MR) is 75.3 cm³/mol. The molecule has 0 saturated heterocycles. The lowest BCUT2D eigenvalue weighted by Crippen LogP contribution is -2.40. The Hall–Kier alpha value is -1.61. The van der Waals surface area contributed by atoms with Crippen molar-refractivity contribution in [3.63, 3.8) is 0 Å². The fourth-order valence-electron chi connectivity index (χ4n) is 1.78. The van der Waals surface area contributed by atoms with Gasteiger partial charge in [-0.2, -0.15) is 0 Å². The summed E-state index contributed by atoms with van der Waals surface area (Å²) in [6.07, 6.45) is 3.09. The third-order valence-electron chi connectivity index (χ3n) is 3.00. The van der Waals surface area contributed by atoms with Crippen LogP contribution >= 0.6 is 0 Å². The average molecular weight is 246 g/mol. The minimum Gasteiger partial charge on any atom is -0.355 e. The lowest BCUT2D eigenvalue weighted by Gasteiger charge is -2.14. The van der Waals surface area contributed by atoms with E-state index in [1.54, 1.807) is 6.08 Å². The van der Waals surface area contributed by atoms with Crippen molar-refractivity contribution in [3.8, 4) is 0 Å². The summed E-state index contributed by atoms with van der Waals surface area (Å²) in [6.45, 7) is 6.38. The molecule has 18 heavy (non-hydrogen) atoms. The van der Waals surface area contributed by atoms with Crippen LogP contribution in [-0.4, -0.2) is 18.5 Å². The van der Waals surface area contributed by atoms with Crippen LogP contribution in [0.4, 0.5) is 0 Å². The number of rotatable bonds is 7. The minimum atomic E-state index is -0.477. The zero-order valence-corrected chi connectivity index (χ0v) is 10.9. The number of nitrogens with two attached hydrogens (primary N) is 1. The van der Waals surface area contributed by atoms with Crippen molar-refractivity contribution in [2.45, 2.75) is 31.7 Å². The van der Waals surface area contributed by atoms with Crippen LogP contribution < -0.4 is 11.1 Å². The van der Waals surface area contributed by atoms with Crippen molar-refractivity contribution in [1.29, 1.82) is 0 Å². The normalized spacial score (nSPS) is 13.7. The summed E-state index contributed by atoms with van der Waals surface area (Å²) in [5, 5.41) is 2.86. The van der Waals surface area contributed by atoms with Gasteiger partial charge in [0, 0.05) is 6.54 Å². The lowest BCUT2D eigenvalue weighted by molar-refractivity contribution is -0.122. The van der Waals surface area contributed by atoms with Crippen molar-refractivity contribution in [1.82, 2.24) is 5.32 Å². The molecule has 0 heterocycles. The summed E-state index contributed by atoms with van der Waals surface area (Å²) < 4.78 is 0. The van der Waals surface area contributed by atoms with Gasteiger partial charge in [0.05, 0.1) is 6.04 Å². The van der Waals surface area contributed by atoms with E-state index in [0.29, 0.717) is 18.9 Å². The molecule has 0 aliphatic carbocycles. The third kappa shape index (κ3) is 4.72. The average Bonchev–Trinajstić information content (AvgIpc) is 2.39. The number of hydrogen-bond acceptors (Lipinski definition) is 2. The zero-order chi connectivity index (χ0) is 13.4. The molecule has 0 bridgehead atoms. The fraction of sp³-hybridized carbons (Fsp3) is 0.400. The molecule has 0 spiro atoms. The Bertz CT molecular complexity index is 375. The van der Waals surface area contributed by atoms with Gasteiger partial charge in [0.2, 0.25) is 5.91 Å². The Morgan fingerprint density at radius 2 is 2.11 bits per heavy atom. The molecule has 3 nitrogen and oxygen atoms in total. The standard InChI is InChI=1S/C15H22N2O/c1-3-7-14(16)15(18)17-11-10-12(2)13-8-5-4-6-9-13/h3-6,8-9,12,14H,1,7,10-11,16H2,2H3,(H,17,18). The monoisotopic (exact) mass is 246 g/mol. The van der Waals surface area contributed by atoms with Crippen molar-refractivity contribution >= 4 is 5.91 Å². The molecule has 0 radical (unpaired) electrons. The Kier molecular flexibility index (Phi) is 6.15. The molecule has 0 aromatic heterocycles. The highest BCUT2D eigenvalue weighted by atomic mass is 16.2. The van der Waals surface area contributed by atoms with E-state index in [2.05, 4.69) is 31.0 Å². The quantitative estimate of drug-likeness (QED) is 0.725. The van der Waals surface area contributed by atoms with Gasteiger partial charge in [-0.25, -0.2) is 0 Å². The van der Waals surface area contributed by atoms with E-state index >= 15 is 0 Å². The molecular weight excluding hydrogens is 224 g/mol. The van der Waals surface area contributed by atoms with Gasteiger partial charge in [0.1, 0.15) is 0 Å². The second-order valence-corrected chi connectivity index (χ2v) is 4.52. The predicted octanol–water partition coefficient (Wildman–Crippen LogP) is 2.20. The molecule has 98 valence electrons. The van der Waals surface area contributed by atoms with Crippen molar-refractivity contribution in [2.75, 3.05) is 6.54 Å². The SMILES string of the molecule is C=CCC(N)C(=O)NCCC(C)c1ccccc1. The first-order valence-electron chi connectivity index (χ1n) is 6.34. The summed E-state index contributed by atoms with van der Waals surface area (Å²) in [7, 11) is 0. The van der Waals surface area contributed by atoms with Crippen LogP contribution in [-0.2, 0) is 4.79 Å². The summed E-state index contributed by atoms with van der Waals surface area (Å²) in [4.78, 5) is 11.6. The van der Waals surface area contributed by atoms with E-state index in [1.165, 1.54) is 5.56 Å². The smallest absolute Gasteiger partial charge is 0.237 e. The maximum Gasteiger partial charge on any atom is 0.237 e. The van der Waals surface area contributed by atoms with Crippen LogP contribution in [0.3, 0.4) is 0 Å². The molecule has 0 aliphatic rings. The lowest BCUT2D eigenvalue weighted by atomic mass is 9.98. The van der Waals surface area contributed by atoms with Crippen molar-refractivity contribution < 1.29 is 4.79 Å². The molecule has 1 rings (SSSR count). The molecule has 0 aliphatic heterocycles. The summed E-state index contributed by atoms with van der Waals surface area (Å²) >= 11 is 0.